The summed E-state index contributed by atoms with van der Waals surface area (Å²) in [7, 11) is -3.47. The molecule has 4 rings (SSSR count). The summed E-state index contributed by atoms with van der Waals surface area (Å²) in [5.74, 6) is 0.897. The molecule has 2 aliphatic heterocycles. The molecule has 160 valence electrons. The Labute approximate surface area is 182 Å². The molecule has 0 radical (unpaired) electrons. The maximum absolute atomic E-state index is 12.8. The maximum atomic E-state index is 12.8. The number of hydrogen-bond donors (Lipinski definition) is 0. The number of benzene rings is 1. The normalized spacial score (nSPS) is 19.0. The molecule has 0 N–H and O–H groups in total. The lowest BCUT2D eigenvalue weighted by molar-refractivity contribution is 0.0900. The molecule has 2 aliphatic rings. The molecule has 2 fully saturated rings. The number of piperidine rings is 2. The van der Waals surface area contributed by atoms with Crippen molar-refractivity contribution >= 4 is 33.2 Å². The summed E-state index contributed by atoms with van der Waals surface area (Å²) in [6, 6.07) is 10.5. The van der Waals surface area contributed by atoms with E-state index in [0.29, 0.717) is 23.7 Å². The highest BCUT2D eigenvalue weighted by Gasteiger charge is 2.28. The van der Waals surface area contributed by atoms with Gasteiger partial charge in [0.15, 0.2) is 5.78 Å². The number of pyridine rings is 1. The first-order chi connectivity index (χ1) is 14.4. The number of carbonyl (C=O) groups is 1. The lowest BCUT2D eigenvalue weighted by atomic mass is 9.89. The Morgan fingerprint density at radius 2 is 1.60 bits per heavy atom. The number of ketones is 1. The third-order valence-corrected chi connectivity index (χ3v) is 8.13. The van der Waals surface area contributed by atoms with E-state index in [9.17, 15) is 13.2 Å². The quantitative estimate of drug-likeness (QED) is 0.647. The van der Waals surface area contributed by atoms with Crippen LogP contribution in [0.4, 0.5) is 5.82 Å². The third-order valence-electron chi connectivity index (χ3n) is 5.99. The van der Waals surface area contributed by atoms with Crippen LogP contribution in [0.15, 0.2) is 47.5 Å². The van der Waals surface area contributed by atoms with Crippen LogP contribution in [0.3, 0.4) is 0 Å². The van der Waals surface area contributed by atoms with Crippen molar-refractivity contribution in [3.8, 4) is 0 Å². The van der Waals surface area contributed by atoms with Gasteiger partial charge in [0, 0.05) is 48.9 Å². The van der Waals surface area contributed by atoms with Crippen LogP contribution in [0, 0.1) is 5.92 Å². The van der Waals surface area contributed by atoms with Gasteiger partial charge in [-0.2, -0.15) is 4.31 Å². The van der Waals surface area contributed by atoms with Crippen LogP contribution in [0.5, 0.6) is 0 Å². The van der Waals surface area contributed by atoms with E-state index >= 15 is 0 Å². The fourth-order valence-corrected chi connectivity index (χ4v) is 5.78. The van der Waals surface area contributed by atoms with Crippen LogP contribution < -0.4 is 4.90 Å². The molecule has 0 saturated carbocycles. The van der Waals surface area contributed by atoms with Crippen LogP contribution >= 0.6 is 11.6 Å². The zero-order valence-corrected chi connectivity index (χ0v) is 18.4. The molecular weight excluding hydrogens is 422 g/mol. The zero-order valence-electron chi connectivity index (χ0n) is 16.8. The van der Waals surface area contributed by atoms with Gasteiger partial charge in [0.2, 0.25) is 10.0 Å². The minimum atomic E-state index is -3.47. The molecule has 2 saturated heterocycles. The molecule has 1 aromatic carbocycles. The Hall–Kier alpha value is -1.96. The number of halogens is 1. The van der Waals surface area contributed by atoms with Crippen LogP contribution in [-0.2, 0) is 10.0 Å². The first-order valence-corrected chi connectivity index (χ1v) is 12.3. The van der Waals surface area contributed by atoms with Crippen LogP contribution in [0.1, 0.15) is 42.5 Å². The lowest BCUT2D eigenvalue weighted by Crippen LogP contribution is -2.37. The van der Waals surface area contributed by atoms with Gasteiger partial charge >= 0.3 is 0 Å². The number of hydrogen-bond acceptors (Lipinski definition) is 5. The van der Waals surface area contributed by atoms with Crippen molar-refractivity contribution in [2.24, 2.45) is 5.92 Å². The highest BCUT2D eigenvalue weighted by Crippen LogP contribution is 2.27. The van der Waals surface area contributed by atoms with E-state index in [2.05, 4.69) is 9.88 Å². The molecule has 8 heteroatoms. The van der Waals surface area contributed by atoms with Crippen molar-refractivity contribution in [3.05, 3.63) is 53.2 Å². The molecule has 0 spiro atoms. The average molecular weight is 448 g/mol. The Morgan fingerprint density at radius 1 is 0.933 bits per heavy atom. The van der Waals surface area contributed by atoms with E-state index in [1.165, 1.54) is 6.20 Å². The SMILES string of the molecule is O=C(c1ccc(Cl)cc1)C1CCN(c2ccc(S(=O)(=O)N3CCCCC3)cn2)CC1. The van der Waals surface area contributed by atoms with Gasteiger partial charge in [0.1, 0.15) is 10.7 Å². The van der Waals surface area contributed by atoms with Gasteiger partial charge in [-0.25, -0.2) is 13.4 Å². The third kappa shape index (κ3) is 4.53. The Kier molecular flexibility index (Phi) is 6.41. The molecule has 0 aliphatic carbocycles. The number of aromatic nitrogens is 1. The van der Waals surface area contributed by atoms with Gasteiger partial charge in [-0.3, -0.25) is 4.79 Å². The Bertz CT molecular complexity index is 979. The second-order valence-corrected chi connectivity index (χ2v) is 10.3. The van der Waals surface area contributed by atoms with Crippen molar-refractivity contribution < 1.29 is 13.2 Å². The number of rotatable bonds is 5. The van der Waals surface area contributed by atoms with Crippen molar-refractivity contribution in [2.45, 2.75) is 37.0 Å². The monoisotopic (exact) mass is 447 g/mol. The van der Waals surface area contributed by atoms with E-state index in [0.717, 1.165) is 51.0 Å². The van der Waals surface area contributed by atoms with Crippen molar-refractivity contribution in [2.75, 3.05) is 31.1 Å². The minimum Gasteiger partial charge on any atom is -0.357 e. The standard InChI is InChI=1S/C22H26ClN3O3S/c23-19-6-4-17(5-7-19)22(27)18-10-14-25(15-11-18)21-9-8-20(16-24-21)30(28,29)26-12-2-1-3-13-26/h4-9,16,18H,1-3,10-15H2. The topological polar surface area (TPSA) is 70.6 Å². The number of anilines is 1. The Balaban J connectivity index is 1.38. The molecular formula is C22H26ClN3O3S. The number of Topliss-reactive ketones (excluding diaryl/α,β-unsaturated/α-hetero) is 1. The number of nitrogens with zero attached hydrogens (tertiary/aromatic N) is 3. The molecule has 3 heterocycles. The van der Waals surface area contributed by atoms with Gasteiger partial charge in [-0.15, -0.1) is 0 Å². The molecule has 0 atom stereocenters. The lowest BCUT2D eigenvalue weighted by Gasteiger charge is -2.32. The fourth-order valence-electron chi connectivity index (χ4n) is 4.19. The number of sulfonamides is 1. The Morgan fingerprint density at radius 3 is 2.20 bits per heavy atom. The number of carbonyl (C=O) groups excluding carboxylic acids is 1. The van der Waals surface area contributed by atoms with E-state index in [4.69, 9.17) is 11.6 Å². The summed E-state index contributed by atoms with van der Waals surface area (Å²) in [6.07, 6.45) is 5.86. The summed E-state index contributed by atoms with van der Waals surface area (Å²) in [4.78, 5) is 19.5. The van der Waals surface area contributed by atoms with E-state index in [1.54, 1.807) is 40.7 Å². The van der Waals surface area contributed by atoms with Crippen LogP contribution in [-0.4, -0.2) is 49.7 Å². The predicted molar refractivity (Wildman–Crippen MR) is 118 cm³/mol. The average Bonchev–Trinajstić information content (AvgIpc) is 2.80. The summed E-state index contributed by atoms with van der Waals surface area (Å²) >= 11 is 5.91. The second kappa shape index (κ2) is 9.04. The molecule has 1 aromatic heterocycles. The summed E-state index contributed by atoms with van der Waals surface area (Å²) in [6.45, 7) is 2.60. The summed E-state index contributed by atoms with van der Waals surface area (Å²) in [5.41, 5.74) is 0.697. The fraction of sp³-hybridized carbons (Fsp3) is 0.455. The van der Waals surface area contributed by atoms with E-state index < -0.39 is 10.0 Å². The van der Waals surface area contributed by atoms with Crippen molar-refractivity contribution in [1.29, 1.82) is 0 Å². The largest absolute Gasteiger partial charge is 0.357 e. The molecule has 0 bridgehead atoms. The van der Waals surface area contributed by atoms with Gasteiger partial charge < -0.3 is 4.90 Å². The van der Waals surface area contributed by atoms with Gasteiger partial charge in [0.05, 0.1) is 0 Å². The van der Waals surface area contributed by atoms with Gasteiger partial charge in [0.25, 0.3) is 0 Å². The van der Waals surface area contributed by atoms with Crippen LogP contribution in [0.2, 0.25) is 5.02 Å². The predicted octanol–water partition coefficient (Wildman–Crippen LogP) is 4.01. The minimum absolute atomic E-state index is 0.0128. The zero-order chi connectivity index (χ0) is 21.1. The molecule has 30 heavy (non-hydrogen) atoms. The van der Waals surface area contributed by atoms with E-state index in [-0.39, 0.29) is 16.6 Å². The van der Waals surface area contributed by atoms with Crippen molar-refractivity contribution in [1.82, 2.24) is 9.29 Å². The van der Waals surface area contributed by atoms with Gasteiger partial charge in [-0.1, -0.05) is 18.0 Å². The summed E-state index contributed by atoms with van der Waals surface area (Å²) in [5, 5.41) is 0.623. The molecule has 0 amide bonds. The smallest absolute Gasteiger partial charge is 0.244 e. The van der Waals surface area contributed by atoms with E-state index in [1.807, 2.05) is 0 Å². The molecule has 0 unspecified atom stereocenters. The first-order valence-electron chi connectivity index (χ1n) is 10.5. The van der Waals surface area contributed by atoms with Crippen molar-refractivity contribution in [3.63, 3.8) is 0 Å². The highest BCUT2D eigenvalue weighted by molar-refractivity contribution is 7.89. The second-order valence-electron chi connectivity index (χ2n) is 7.95. The maximum Gasteiger partial charge on any atom is 0.244 e. The highest BCUT2D eigenvalue weighted by atomic mass is 35.5. The molecule has 6 nitrogen and oxygen atoms in total. The summed E-state index contributed by atoms with van der Waals surface area (Å²) < 4.78 is 27.1. The molecule has 2 aromatic rings. The van der Waals surface area contributed by atoms with Crippen LogP contribution in [0.25, 0.3) is 0 Å². The first kappa shape index (κ1) is 21.3. The van der Waals surface area contributed by atoms with Gasteiger partial charge in [-0.05, 0) is 62.1 Å².